The van der Waals surface area contributed by atoms with Gasteiger partial charge in [-0.1, -0.05) is 61.2 Å². The van der Waals surface area contributed by atoms with Gasteiger partial charge < -0.3 is 10.2 Å². The maximum atomic E-state index is 14.0. The number of anilines is 1. The summed E-state index contributed by atoms with van der Waals surface area (Å²) >= 11 is 6.19. The fraction of sp³-hybridized carbons (Fsp3) is 0.333. The molecule has 222 valence electrons. The molecule has 1 aliphatic rings. The molecule has 0 aromatic heterocycles. The maximum absolute atomic E-state index is 14.0. The van der Waals surface area contributed by atoms with Crippen LogP contribution in [-0.2, 0) is 26.2 Å². The van der Waals surface area contributed by atoms with E-state index in [-0.39, 0.29) is 34.8 Å². The smallest absolute Gasteiger partial charge is 0.269 e. The first-order valence-electron chi connectivity index (χ1n) is 13.7. The van der Waals surface area contributed by atoms with Crippen LogP contribution in [0.2, 0.25) is 5.02 Å². The number of nitrogens with zero attached hydrogens (tertiary/aromatic N) is 3. The third-order valence-corrected chi connectivity index (χ3v) is 9.34. The molecule has 4 rings (SSSR count). The van der Waals surface area contributed by atoms with E-state index in [4.69, 9.17) is 11.6 Å². The zero-order chi connectivity index (χ0) is 30.3. The minimum Gasteiger partial charge on any atom is -0.352 e. The van der Waals surface area contributed by atoms with Gasteiger partial charge >= 0.3 is 0 Å². The number of nitrogens with one attached hydrogen (secondary N) is 1. The molecule has 1 aliphatic carbocycles. The van der Waals surface area contributed by atoms with E-state index in [1.165, 1.54) is 41.3 Å². The molecule has 0 radical (unpaired) electrons. The largest absolute Gasteiger partial charge is 0.352 e. The van der Waals surface area contributed by atoms with Gasteiger partial charge in [-0.2, -0.15) is 0 Å². The van der Waals surface area contributed by atoms with Crippen LogP contribution in [0, 0.1) is 10.1 Å². The SMILES string of the molecule is CC(C(=O)NC1CCCCC1)N(Cc1cccc(Cl)c1)C(=O)CN(c1ccc([N+](=O)[O-])cc1)S(=O)(=O)c1ccccc1. The highest BCUT2D eigenvalue weighted by Crippen LogP contribution is 2.27. The Morgan fingerprint density at radius 3 is 2.29 bits per heavy atom. The van der Waals surface area contributed by atoms with Crippen molar-refractivity contribution in [3.05, 3.63) is 99.6 Å². The third kappa shape index (κ3) is 7.65. The molecule has 12 heteroatoms. The van der Waals surface area contributed by atoms with Gasteiger partial charge in [0.1, 0.15) is 12.6 Å². The second-order valence-corrected chi connectivity index (χ2v) is 12.6. The molecule has 3 aromatic carbocycles. The highest BCUT2D eigenvalue weighted by molar-refractivity contribution is 7.92. The number of rotatable bonds is 11. The lowest BCUT2D eigenvalue weighted by atomic mass is 9.95. The van der Waals surface area contributed by atoms with E-state index in [2.05, 4.69) is 5.32 Å². The van der Waals surface area contributed by atoms with Gasteiger partial charge in [0.05, 0.1) is 15.5 Å². The standard InChI is InChI=1S/C30H33ClN4O6S/c1-22(30(37)32-25-11-4-2-5-12-25)33(20-23-9-8-10-24(31)19-23)29(36)21-34(26-15-17-27(18-16-26)35(38)39)42(40,41)28-13-6-3-7-14-28/h3,6-10,13-19,22,25H,2,4-5,11-12,20-21H2,1H3,(H,32,37). The summed E-state index contributed by atoms with van der Waals surface area (Å²) in [4.78, 5) is 39.3. The Balaban J connectivity index is 1.68. The summed E-state index contributed by atoms with van der Waals surface area (Å²) in [5, 5.41) is 14.7. The predicted octanol–water partition coefficient (Wildman–Crippen LogP) is 5.31. The number of nitro benzene ring substituents is 1. The summed E-state index contributed by atoms with van der Waals surface area (Å²) < 4.78 is 28.5. The van der Waals surface area contributed by atoms with Crippen molar-refractivity contribution < 1.29 is 22.9 Å². The Labute approximate surface area is 250 Å². The summed E-state index contributed by atoms with van der Waals surface area (Å²) in [5.74, 6) is -0.954. The Bertz CT molecular complexity index is 1510. The molecule has 0 bridgehead atoms. The van der Waals surface area contributed by atoms with E-state index in [1.807, 2.05) is 0 Å². The Morgan fingerprint density at radius 2 is 1.67 bits per heavy atom. The summed E-state index contributed by atoms with van der Waals surface area (Å²) in [7, 11) is -4.27. The molecule has 42 heavy (non-hydrogen) atoms. The average molecular weight is 613 g/mol. The van der Waals surface area contributed by atoms with Crippen LogP contribution in [-0.4, -0.2) is 48.7 Å². The monoisotopic (exact) mass is 612 g/mol. The van der Waals surface area contributed by atoms with Gasteiger partial charge in [-0.05, 0) is 61.7 Å². The van der Waals surface area contributed by atoms with Crippen molar-refractivity contribution in [2.24, 2.45) is 0 Å². The molecule has 3 aromatic rings. The number of sulfonamides is 1. The number of halogens is 1. The first-order valence-corrected chi connectivity index (χ1v) is 15.5. The minimum absolute atomic E-state index is 0.0120. The van der Waals surface area contributed by atoms with Crippen LogP contribution in [0.4, 0.5) is 11.4 Å². The molecule has 1 N–H and O–H groups in total. The molecule has 0 heterocycles. The van der Waals surface area contributed by atoms with Crippen LogP contribution < -0.4 is 9.62 Å². The van der Waals surface area contributed by atoms with Crippen molar-refractivity contribution in [1.82, 2.24) is 10.2 Å². The lowest BCUT2D eigenvalue weighted by molar-refractivity contribution is -0.384. The van der Waals surface area contributed by atoms with Gasteiger partial charge in [0.15, 0.2) is 0 Å². The second kappa shape index (κ2) is 13.8. The fourth-order valence-corrected chi connectivity index (χ4v) is 6.62. The maximum Gasteiger partial charge on any atom is 0.269 e. The normalized spacial score (nSPS) is 14.5. The number of non-ortho nitro benzene ring substituents is 1. The van der Waals surface area contributed by atoms with E-state index < -0.39 is 33.4 Å². The van der Waals surface area contributed by atoms with E-state index in [1.54, 1.807) is 49.4 Å². The number of hydrogen-bond donors (Lipinski definition) is 1. The third-order valence-electron chi connectivity index (χ3n) is 7.32. The average Bonchev–Trinajstić information content (AvgIpc) is 2.99. The Kier molecular flexibility index (Phi) is 10.2. The quantitative estimate of drug-likeness (QED) is 0.231. The van der Waals surface area contributed by atoms with E-state index >= 15 is 0 Å². The molecule has 0 spiro atoms. The first-order chi connectivity index (χ1) is 20.1. The van der Waals surface area contributed by atoms with Crippen molar-refractivity contribution in [3.63, 3.8) is 0 Å². The highest BCUT2D eigenvalue weighted by Gasteiger charge is 2.33. The number of hydrogen-bond acceptors (Lipinski definition) is 6. The molecule has 1 saturated carbocycles. The van der Waals surface area contributed by atoms with Crippen LogP contribution in [0.1, 0.15) is 44.6 Å². The fourth-order valence-electron chi connectivity index (χ4n) is 4.97. The van der Waals surface area contributed by atoms with Gasteiger partial charge in [0.2, 0.25) is 11.8 Å². The molecular formula is C30H33ClN4O6S. The van der Waals surface area contributed by atoms with E-state index in [0.29, 0.717) is 10.6 Å². The van der Waals surface area contributed by atoms with Crippen molar-refractivity contribution in [3.8, 4) is 0 Å². The molecular weight excluding hydrogens is 580 g/mol. The zero-order valence-corrected chi connectivity index (χ0v) is 24.8. The number of nitro groups is 1. The number of amides is 2. The van der Waals surface area contributed by atoms with Crippen molar-refractivity contribution in [2.45, 2.75) is 62.6 Å². The van der Waals surface area contributed by atoms with Gasteiger partial charge in [0.25, 0.3) is 15.7 Å². The Hall–Kier alpha value is -3.96. The van der Waals surface area contributed by atoms with Crippen molar-refractivity contribution >= 4 is 44.8 Å². The van der Waals surface area contributed by atoms with Gasteiger partial charge in [-0.15, -0.1) is 0 Å². The second-order valence-electron chi connectivity index (χ2n) is 10.3. The molecule has 1 unspecified atom stereocenters. The summed E-state index contributed by atoms with van der Waals surface area (Å²) in [6, 6.07) is 18.5. The lowest BCUT2D eigenvalue weighted by Crippen LogP contribution is -2.53. The Morgan fingerprint density at radius 1 is 1.00 bits per heavy atom. The molecule has 1 atom stereocenters. The number of carbonyl (C=O) groups excluding carboxylic acids is 2. The first kappa shape index (κ1) is 31.0. The molecule has 10 nitrogen and oxygen atoms in total. The molecule has 0 aliphatic heterocycles. The van der Waals surface area contributed by atoms with Crippen molar-refractivity contribution in [2.75, 3.05) is 10.8 Å². The number of carbonyl (C=O) groups is 2. The summed E-state index contributed by atoms with van der Waals surface area (Å²) in [6.07, 6.45) is 4.89. The van der Waals surface area contributed by atoms with Crippen LogP contribution in [0.5, 0.6) is 0 Å². The molecule has 2 amide bonds. The number of benzene rings is 3. The topological polar surface area (TPSA) is 130 Å². The van der Waals surface area contributed by atoms with Crippen molar-refractivity contribution in [1.29, 1.82) is 0 Å². The van der Waals surface area contributed by atoms with Crippen LogP contribution >= 0.6 is 11.6 Å². The van der Waals surface area contributed by atoms with E-state index in [9.17, 15) is 28.1 Å². The van der Waals surface area contributed by atoms with Crippen LogP contribution in [0.3, 0.4) is 0 Å². The van der Waals surface area contributed by atoms with Gasteiger partial charge in [-0.3, -0.25) is 24.0 Å². The minimum atomic E-state index is -4.27. The predicted molar refractivity (Wildman–Crippen MR) is 161 cm³/mol. The van der Waals surface area contributed by atoms with Gasteiger partial charge in [-0.25, -0.2) is 8.42 Å². The zero-order valence-electron chi connectivity index (χ0n) is 23.2. The highest BCUT2D eigenvalue weighted by atomic mass is 35.5. The molecule has 0 saturated heterocycles. The lowest BCUT2D eigenvalue weighted by Gasteiger charge is -2.33. The van der Waals surface area contributed by atoms with E-state index in [0.717, 1.165) is 36.4 Å². The summed E-state index contributed by atoms with van der Waals surface area (Å²) in [6.45, 7) is 0.983. The summed E-state index contributed by atoms with van der Waals surface area (Å²) in [5.41, 5.74) is 0.513. The van der Waals surface area contributed by atoms with Crippen LogP contribution in [0.25, 0.3) is 0 Å². The van der Waals surface area contributed by atoms with Gasteiger partial charge in [0, 0.05) is 29.7 Å². The van der Waals surface area contributed by atoms with Crippen LogP contribution in [0.15, 0.2) is 83.8 Å². The molecule has 1 fully saturated rings.